The number of hydrogen-bond acceptors (Lipinski definition) is 3. The van der Waals surface area contributed by atoms with Crippen LogP contribution in [0.3, 0.4) is 0 Å². The maximum atomic E-state index is 4.30. The molecule has 0 fully saturated rings. The van der Waals surface area contributed by atoms with Crippen molar-refractivity contribution >= 4 is 0 Å². The van der Waals surface area contributed by atoms with Crippen LogP contribution in [0.15, 0.2) is 36.9 Å². The highest BCUT2D eigenvalue weighted by molar-refractivity contribution is 5.62. The lowest BCUT2D eigenvalue weighted by Crippen LogP contribution is -2.13. The first kappa shape index (κ1) is 12.7. The summed E-state index contributed by atoms with van der Waals surface area (Å²) in [5, 5.41) is 3.39. The second kappa shape index (κ2) is 6.26. The van der Waals surface area contributed by atoms with Crippen molar-refractivity contribution < 1.29 is 0 Å². The van der Waals surface area contributed by atoms with E-state index in [2.05, 4.69) is 41.3 Å². The van der Waals surface area contributed by atoms with Gasteiger partial charge < -0.3 is 5.32 Å². The molecular formula is C15H19N3. The molecule has 3 heteroatoms. The van der Waals surface area contributed by atoms with E-state index in [-0.39, 0.29) is 0 Å². The van der Waals surface area contributed by atoms with E-state index in [4.69, 9.17) is 0 Å². The lowest BCUT2D eigenvalue weighted by molar-refractivity contribution is 0.674. The van der Waals surface area contributed by atoms with Gasteiger partial charge in [-0.05, 0) is 43.1 Å². The standard InChI is InChI=1S/C15H19N3/c1-3-4-16-8-13-6-15(11-18-9-13)14-5-12(2)7-17-10-14/h5-7,9-11,16H,3-4,8H2,1-2H3. The van der Waals surface area contributed by atoms with Gasteiger partial charge in [-0.3, -0.25) is 9.97 Å². The van der Waals surface area contributed by atoms with Gasteiger partial charge in [0.15, 0.2) is 0 Å². The molecule has 2 rings (SSSR count). The van der Waals surface area contributed by atoms with Crippen LogP contribution < -0.4 is 5.32 Å². The molecule has 0 aliphatic rings. The van der Waals surface area contributed by atoms with Crippen molar-refractivity contribution in [3.05, 3.63) is 48.0 Å². The smallest absolute Gasteiger partial charge is 0.0347 e. The van der Waals surface area contributed by atoms with Gasteiger partial charge in [-0.15, -0.1) is 0 Å². The number of nitrogens with zero attached hydrogens (tertiary/aromatic N) is 2. The van der Waals surface area contributed by atoms with Crippen LogP contribution in [-0.4, -0.2) is 16.5 Å². The van der Waals surface area contributed by atoms with Crippen molar-refractivity contribution in [1.82, 2.24) is 15.3 Å². The van der Waals surface area contributed by atoms with Crippen molar-refractivity contribution in [2.45, 2.75) is 26.8 Å². The van der Waals surface area contributed by atoms with Gasteiger partial charge in [-0.2, -0.15) is 0 Å². The summed E-state index contributed by atoms with van der Waals surface area (Å²) in [5.41, 5.74) is 4.63. The Labute approximate surface area is 108 Å². The van der Waals surface area contributed by atoms with Crippen molar-refractivity contribution in [3.63, 3.8) is 0 Å². The fourth-order valence-electron chi connectivity index (χ4n) is 1.86. The number of hydrogen-bond donors (Lipinski definition) is 1. The minimum absolute atomic E-state index is 0.869. The third-order valence-corrected chi connectivity index (χ3v) is 2.76. The fourth-order valence-corrected chi connectivity index (χ4v) is 1.86. The van der Waals surface area contributed by atoms with Crippen LogP contribution in [0.25, 0.3) is 11.1 Å². The zero-order valence-electron chi connectivity index (χ0n) is 11.0. The summed E-state index contributed by atoms with van der Waals surface area (Å²) in [6, 6.07) is 4.30. The van der Waals surface area contributed by atoms with E-state index in [1.165, 1.54) is 11.1 Å². The Morgan fingerprint density at radius 3 is 2.44 bits per heavy atom. The van der Waals surface area contributed by atoms with E-state index in [1.54, 1.807) is 0 Å². The second-order valence-electron chi connectivity index (χ2n) is 4.51. The second-order valence-corrected chi connectivity index (χ2v) is 4.51. The Balaban J connectivity index is 2.16. The van der Waals surface area contributed by atoms with Crippen LogP contribution in [0.5, 0.6) is 0 Å². The summed E-state index contributed by atoms with van der Waals surface area (Å²) < 4.78 is 0. The SMILES string of the molecule is CCCNCc1cncc(-c2cncc(C)c2)c1. The average Bonchev–Trinajstić information content (AvgIpc) is 2.39. The molecule has 0 saturated heterocycles. The van der Waals surface area contributed by atoms with E-state index in [0.29, 0.717) is 0 Å². The molecule has 1 N–H and O–H groups in total. The van der Waals surface area contributed by atoms with Crippen molar-refractivity contribution in [2.75, 3.05) is 6.54 Å². The zero-order valence-corrected chi connectivity index (χ0v) is 11.0. The van der Waals surface area contributed by atoms with Crippen LogP contribution in [0.2, 0.25) is 0 Å². The summed E-state index contributed by atoms with van der Waals surface area (Å²) >= 11 is 0. The molecule has 18 heavy (non-hydrogen) atoms. The molecule has 0 aromatic carbocycles. The average molecular weight is 241 g/mol. The minimum Gasteiger partial charge on any atom is -0.313 e. The maximum absolute atomic E-state index is 4.30. The number of aromatic nitrogens is 2. The Bertz CT molecular complexity index is 509. The predicted octanol–water partition coefficient (Wildman–Crippen LogP) is 2.95. The molecule has 0 saturated carbocycles. The highest BCUT2D eigenvalue weighted by atomic mass is 14.8. The summed E-state index contributed by atoms with van der Waals surface area (Å²) in [7, 11) is 0. The molecule has 2 heterocycles. The molecule has 0 unspecified atom stereocenters. The van der Waals surface area contributed by atoms with Crippen molar-refractivity contribution in [1.29, 1.82) is 0 Å². The van der Waals surface area contributed by atoms with Crippen LogP contribution >= 0.6 is 0 Å². The van der Waals surface area contributed by atoms with Gasteiger partial charge in [-0.1, -0.05) is 6.92 Å². The quantitative estimate of drug-likeness (QED) is 0.818. The van der Waals surface area contributed by atoms with E-state index in [0.717, 1.165) is 30.6 Å². The summed E-state index contributed by atoms with van der Waals surface area (Å²) in [6.07, 6.45) is 8.70. The topological polar surface area (TPSA) is 37.8 Å². The molecule has 0 aliphatic heterocycles. The summed E-state index contributed by atoms with van der Waals surface area (Å²) in [6.45, 7) is 6.13. The van der Waals surface area contributed by atoms with Crippen LogP contribution in [-0.2, 0) is 6.54 Å². The molecule has 2 aromatic rings. The predicted molar refractivity (Wildman–Crippen MR) is 74.2 cm³/mol. The highest BCUT2D eigenvalue weighted by Gasteiger charge is 2.01. The normalized spacial score (nSPS) is 10.6. The molecule has 0 spiro atoms. The van der Waals surface area contributed by atoms with Gasteiger partial charge >= 0.3 is 0 Å². The number of pyridine rings is 2. The Hall–Kier alpha value is -1.74. The van der Waals surface area contributed by atoms with Gasteiger partial charge in [0.2, 0.25) is 0 Å². The largest absolute Gasteiger partial charge is 0.313 e. The first-order chi connectivity index (χ1) is 8.79. The van der Waals surface area contributed by atoms with Crippen molar-refractivity contribution in [3.8, 4) is 11.1 Å². The first-order valence-corrected chi connectivity index (χ1v) is 6.36. The van der Waals surface area contributed by atoms with Crippen LogP contribution in [0.4, 0.5) is 0 Å². The third kappa shape index (κ3) is 3.37. The van der Waals surface area contributed by atoms with E-state index in [1.807, 2.05) is 24.8 Å². The number of rotatable bonds is 5. The van der Waals surface area contributed by atoms with Gasteiger partial charge in [-0.25, -0.2) is 0 Å². The number of nitrogens with one attached hydrogen (secondary N) is 1. The lowest BCUT2D eigenvalue weighted by atomic mass is 10.1. The van der Waals surface area contributed by atoms with Gasteiger partial charge in [0, 0.05) is 42.5 Å². The third-order valence-electron chi connectivity index (χ3n) is 2.76. The van der Waals surface area contributed by atoms with Gasteiger partial charge in [0.05, 0.1) is 0 Å². The van der Waals surface area contributed by atoms with Crippen LogP contribution in [0.1, 0.15) is 24.5 Å². The molecular weight excluding hydrogens is 222 g/mol. The Kier molecular flexibility index (Phi) is 4.42. The molecule has 2 aromatic heterocycles. The van der Waals surface area contributed by atoms with E-state index < -0.39 is 0 Å². The van der Waals surface area contributed by atoms with E-state index in [9.17, 15) is 0 Å². The first-order valence-electron chi connectivity index (χ1n) is 6.36. The fraction of sp³-hybridized carbons (Fsp3) is 0.333. The van der Waals surface area contributed by atoms with Crippen LogP contribution in [0, 0.1) is 6.92 Å². The van der Waals surface area contributed by atoms with Gasteiger partial charge in [0.1, 0.15) is 0 Å². The molecule has 0 aliphatic carbocycles. The summed E-state index contributed by atoms with van der Waals surface area (Å²) in [4.78, 5) is 8.52. The molecule has 0 amide bonds. The highest BCUT2D eigenvalue weighted by Crippen LogP contribution is 2.19. The molecule has 0 atom stereocenters. The van der Waals surface area contributed by atoms with E-state index >= 15 is 0 Å². The molecule has 0 bridgehead atoms. The number of aryl methyl sites for hydroxylation is 1. The van der Waals surface area contributed by atoms with Crippen molar-refractivity contribution in [2.24, 2.45) is 0 Å². The molecule has 0 radical (unpaired) electrons. The monoisotopic (exact) mass is 241 g/mol. The summed E-state index contributed by atoms with van der Waals surface area (Å²) in [5.74, 6) is 0. The molecule has 94 valence electrons. The zero-order chi connectivity index (χ0) is 12.8. The van der Waals surface area contributed by atoms with Gasteiger partial charge in [0.25, 0.3) is 0 Å². The Morgan fingerprint density at radius 2 is 1.72 bits per heavy atom. The Morgan fingerprint density at radius 1 is 1.00 bits per heavy atom. The maximum Gasteiger partial charge on any atom is 0.0347 e. The molecule has 3 nitrogen and oxygen atoms in total. The lowest BCUT2D eigenvalue weighted by Gasteiger charge is -2.06. The minimum atomic E-state index is 0.869.